The molecule has 0 amide bonds. The van der Waals surface area contributed by atoms with Crippen molar-refractivity contribution in [2.24, 2.45) is 5.92 Å². The van der Waals surface area contributed by atoms with E-state index in [2.05, 4.69) is 17.3 Å². The Balaban J connectivity index is 2.06. The Bertz CT molecular complexity index is 504. The Kier molecular flexibility index (Phi) is 4.62. The van der Waals surface area contributed by atoms with Crippen molar-refractivity contribution in [1.82, 2.24) is 15.1 Å². The molecule has 1 fully saturated rings. The molecule has 1 saturated carbocycles. The lowest BCUT2D eigenvalue weighted by molar-refractivity contribution is 0.316. The summed E-state index contributed by atoms with van der Waals surface area (Å²) in [6.45, 7) is 3.78. The molecule has 108 valence electrons. The van der Waals surface area contributed by atoms with Crippen LogP contribution < -0.4 is 5.32 Å². The van der Waals surface area contributed by atoms with E-state index in [9.17, 15) is 8.42 Å². The molecular formula is C13H23N3O2S. The fourth-order valence-corrected chi connectivity index (χ4v) is 3.39. The molecule has 19 heavy (non-hydrogen) atoms. The molecule has 1 atom stereocenters. The zero-order chi connectivity index (χ0) is 13.9. The second-order valence-corrected chi connectivity index (χ2v) is 7.39. The molecule has 1 N–H and O–H groups in total. The van der Waals surface area contributed by atoms with E-state index in [0.717, 1.165) is 13.1 Å². The van der Waals surface area contributed by atoms with Crippen LogP contribution in [0.4, 0.5) is 0 Å². The predicted octanol–water partition coefficient (Wildman–Crippen LogP) is 1.45. The maximum Gasteiger partial charge on any atom is 0.178 e. The Hall–Kier alpha value is -0.880. The predicted molar refractivity (Wildman–Crippen MR) is 74.8 cm³/mol. The first-order valence-electron chi connectivity index (χ1n) is 6.96. The summed E-state index contributed by atoms with van der Waals surface area (Å²) in [6.07, 6.45) is 9.42. The molecule has 0 spiro atoms. The summed E-state index contributed by atoms with van der Waals surface area (Å²) < 4.78 is 24.6. The van der Waals surface area contributed by atoms with Gasteiger partial charge in [-0.2, -0.15) is 5.10 Å². The minimum absolute atomic E-state index is 0.300. The first-order chi connectivity index (χ1) is 9.00. The smallest absolute Gasteiger partial charge is 0.178 e. The van der Waals surface area contributed by atoms with Crippen LogP contribution in [0.1, 0.15) is 32.6 Å². The van der Waals surface area contributed by atoms with E-state index in [-0.39, 0.29) is 0 Å². The summed E-state index contributed by atoms with van der Waals surface area (Å²) in [5, 5.41) is 7.68. The highest BCUT2D eigenvalue weighted by atomic mass is 32.2. The van der Waals surface area contributed by atoms with Crippen LogP contribution in [0.3, 0.4) is 0 Å². The summed E-state index contributed by atoms with van der Waals surface area (Å²) in [5.41, 5.74) is 0. The molecule has 0 saturated heterocycles. The van der Waals surface area contributed by atoms with Gasteiger partial charge in [0.05, 0.1) is 12.7 Å². The zero-order valence-electron chi connectivity index (χ0n) is 11.7. The molecule has 1 aromatic rings. The highest BCUT2D eigenvalue weighted by molar-refractivity contribution is 7.90. The van der Waals surface area contributed by atoms with Crippen LogP contribution in [0, 0.1) is 5.92 Å². The maximum atomic E-state index is 11.4. The maximum absolute atomic E-state index is 11.4. The van der Waals surface area contributed by atoms with Crippen LogP contribution in [0.5, 0.6) is 0 Å². The van der Waals surface area contributed by atoms with Crippen LogP contribution in [-0.4, -0.2) is 37.0 Å². The van der Waals surface area contributed by atoms with E-state index in [1.165, 1.54) is 38.1 Å². The number of likely N-dealkylation sites (N-methyl/N-ethyl adjacent to an activating group) is 1. The lowest BCUT2D eigenvalue weighted by atomic mass is 9.98. The second-order valence-electron chi connectivity index (χ2n) is 5.38. The largest absolute Gasteiger partial charge is 0.312 e. The van der Waals surface area contributed by atoms with Crippen LogP contribution in [-0.2, 0) is 16.4 Å². The van der Waals surface area contributed by atoms with Gasteiger partial charge in [-0.15, -0.1) is 0 Å². The lowest BCUT2D eigenvalue weighted by Gasteiger charge is -2.24. The summed E-state index contributed by atoms with van der Waals surface area (Å²) in [7, 11) is -3.15. The number of hydrogen-bond acceptors (Lipinski definition) is 4. The first-order valence-corrected chi connectivity index (χ1v) is 8.85. The summed E-state index contributed by atoms with van der Waals surface area (Å²) >= 11 is 0. The number of nitrogens with zero attached hydrogens (tertiary/aromatic N) is 2. The molecule has 6 heteroatoms. The van der Waals surface area contributed by atoms with Gasteiger partial charge in [0.25, 0.3) is 0 Å². The summed E-state index contributed by atoms with van der Waals surface area (Å²) in [4.78, 5) is 0.300. The molecule has 0 radical (unpaired) electrons. The van der Waals surface area contributed by atoms with Crippen LogP contribution in [0.2, 0.25) is 0 Å². The van der Waals surface area contributed by atoms with Gasteiger partial charge >= 0.3 is 0 Å². The molecule has 1 aromatic heterocycles. The monoisotopic (exact) mass is 285 g/mol. The second kappa shape index (κ2) is 6.05. The third kappa shape index (κ3) is 3.79. The van der Waals surface area contributed by atoms with Gasteiger partial charge in [-0.3, -0.25) is 4.68 Å². The van der Waals surface area contributed by atoms with Crippen molar-refractivity contribution >= 4 is 9.84 Å². The number of sulfone groups is 1. The van der Waals surface area contributed by atoms with Gasteiger partial charge in [-0.25, -0.2) is 8.42 Å². The molecule has 1 heterocycles. The summed E-state index contributed by atoms with van der Waals surface area (Å²) in [6, 6.07) is 0.389. The fourth-order valence-electron chi connectivity index (χ4n) is 2.84. The van der Waals surface area contributed by atoms with Gasteiger partial charge in [0, 0.05) is 18.5 Å². The number of nitrogens with one attached hydrogen (secondary N) is 1. The molecule has 0 aromatic carbocycles. The minimum Gasteiger partial charge on any atom is -0.312 e. The van der Waals surface area contributed by atoms with Gasteiger partial charge in [0.15, 0.2) is 9.84 Å². The van der Waals surface area contributed by atoms with Gasteiger partial charge in [-0.1, -0.05) is 19.8 Å². The van der Waals surface area contributed by atoms with E-state index in [1.54, 1.807) is 10.9 Å². The van der Waals surface area contributed by atoms with Gasteiger partial charge in [0.1, 0.15) is 4.90 Å². The van der Waals surface area contributed by atoms with Crippen molar-refractivity contribution < 1.29 is 8.42 Å². The van der Waals surface area contributed by atoms with Crippen molar-refractivity contribution in [3.63, 3.8) is 0 Å². The highest BCUT2D eigenvalue weighted by Crippen LogP contribution is 2.28. The standard InChI is InChI=1S/C13H23N3O2S/c1-3-14-13(11-6-4-5-7-11)10-16-9-12(8-15-16)19(2,17)18/h8-9,11,13-14H,3-7,10H2,1-2H3. The normalized spacial score (nSPS) is 18.8. The summed E-state index contributed by atoms with van der Waals surface area (Å²) in [5.74, 6) is 0.686. The molecule has 5 nitrogen and oxygen atoms in total. The molecule has 1 unspecified atom stereocenters. The third-order valence-corrected chi connectivity index (χ3v) is 4.92. The van der Waals surface area contributed by atoms with Crippen molar-refractivity contribution in [3.05, 3.63) is 12.4 Å². The average Bonchev–Trinajstić information content (AvgIpc) is 2.98. The lowest BCUT2D eigenvalue weighted by Crippen LogP contribution is -2.38. The average molecular weight is 285 g/mol. The number of aromatic nitrogens is 2. The molecule has 1 aliphatic carbocycles. The van der Waals surface area contributed by atoms with Crippen molar-refractivity contribution in [1.29, 1.82) is 0 Å². The van der Waals surface area contributed by atoms with Crippen molar-refractivity contribution in [2.45, 2.75) is 50.1 Å². The van der Waals surface area contributed by atoms with Crippen molar-refractivity contribution in [2.75, 3.05) is 12.8 Å². The Morgan fingerprint density at radius 2 is 2.16 bits per heavy atom. The SMILES string of the molecule is CCNC(Cn1cc(S(C)(=O)=O)cn1)C1CCCC1. The van der Waals surface area contributed by atoms with E-state index in [1.807, 2.05) is 0 Å². The van der Waals surface area contributed by atoms with E-state index in [4.69, 9.17) is 0 Å². The fraction of sp³-hybridized carbons (Fsp3) is 0.769. The number of hydrogen-bond donors (Lipinski definition) is 1. The molecule has 2 rings (SSSR count). The third-order valence-electron chi connectivity index (χ3n) is 3.86. The highest BCUT2D eigenvalue weighted by Gasteiger charge is 2.25. The zero-order valence-corrected chi connectivity index (χ0v) is 12.5. The molecule has 0 bridgehead atoms. The number of rotatable bonds is 6. The van der Waals surface area contributed by atoms with Crippen LogP contribution in [0.25, 0.3) is 0 Å². The van der Waals surface area contributed by atoms with E-state index in [0.29, 0.717) is 16.9 Å². The quantitative estimate of drug-likeness (QED) is 0.859. The van der Waals surface area contributed by atoms with Gasteiger partial charge in [0.2, 0.25) is 0 Å². The molecule has 0 aliphatic heterocycles. The molecular weight excluding hydrogens is 262 g/mol. The van der Waals surface area contributed by atoms with Crippen LogP contribution >= 0.6 is 0 Å². The Morgan fingerprint density at radius 1 is 1.47 bits per heavy atom. The van der Waals surface area contributed by atoms with Gasteiger partial charge < -0.3 is 5.32 Å². The van der Waals surface area contributed by atoms with Crippen molar-refractivity contribution in [3.8, 4) is 0 Å². The Morgan fingerprint density at radius 3 is 2.68 bits per heavy atom. The van der Waals surface area contributed by atoms with E-state index >= 15 is 0 Å². The minimum atomic E-state index is -3.15. The van der Waals surface area contributed by atoms with Gasteiger partial charge in [-0.05, 0) is 25.3 Å². The van der Waals surface area contributed by atoms with E-state index < -0.39 is 9.84 Å². The van der Waals surface area contributed by atoms with Crippen LogP contribution in [0.15, 0.2) is 17.3 Å². The topological polar surface area (TPSA) is 64.0 Å². The first kappa shape index (κ1) is 14.5. The molecule has 1 aliphatic rings. The Labute approximate surface area is 115 Å².